The molecule has 0 heterocycles. The molecule has 0 bridgehead atoms. The molecule has 0 aromatic heterocycles. The number of Topliss-reactive ketones (excluding diaryl/α,β-unsaturated/α-hetero) is 1. The van der Waals surface area contributed by atoms with E-state index in [0.29, 0.717) is 36.2 Å². The zero-order valence-corrected chi connectivity index (χ0v) is 20.4. The molecule has 0 spiro atoms. The van der Waals surface area contributed by atoms with Gasteiger partial charge in [-0.1, -0.05) is 11.6 Å². The van der Waals surface area contributed by atoms with Crippen LogP contribution < -0.4 is 23.4 Å². The van der Waals surface area contributed by atoms with Crippen LogP contribution in [0.1, 0.15) is 20.8 Å². The summed E-state index contributed by atoms with van der Waals surface area (Å²) in [6.07, 6.45) is 0. The molecule has 1 amide bonds. The van der Waals surface area contributed by atoms with Crippen LogP contribution in [-0.2, 0) is 9.59 Å². The predicted molar refractivity (Wildman–Crippen MR) is 126 cm³/mol. The Morgan fingerprint density at radius 2 is 1.67 bits per heavy atom. The van der Waals surface area contributed by atoms with Gasteiger partial charge in [-0.15, -0.1) is 0 Å². The van der Waals surface area contributed by atoms with Crippen LogP contribution in [0.3, 0.4) is 0 Å². The Kier molecular flexibility index (Phi) is 9.74. The Morgan fingerprint density at radius 1 is 1.00 bits per heavy atom. The number of benzene rings is 2. The lowest BCUT2D eigenvalue weighted by Crippen LogP contribution is -2.36. The molecule has 1 atom stereocenters. The molecule has 0 aliphatic carbocycles. The molecule has 0 aliphatic rings. The molecule has 1 unspecified atom stereocenters. The Balaban J connectivity index is 2.37. The summed E-state index contributed by atoms with van der Waals surface area (Å²) in [5, 5.41) is 8.13. The van der Waals surface area contributed by atoms with Crippen LogP contribution >= 0.6 is 23.4 Å². The fourth-order valence-corrected chi connectivity index (χ4v) is 3.15. The van der Waals surface area contributed by atoms with Crippen molar-refractivity contribution in [2.24, 2.45) is 10.2 Å². The first-order valence-electron chi connectivity index (χ1n) is 9.99. The standard InChI is InChI=1S/C22H25Cl2N3O6/c1-6-32-15-11-16(20(23)19(12-15)33-7-2)25-26-21(13(3)28)22(29)27(24)14-8-9-17(30-4)18(10-14)31-5/h8-12,21H,6-7H2,1-5H3. The fourth-order valence-electron chi connectivity index (χ4n) is 2.75. The number of nitrogens with zero attached hydrogens (tertiary/aromatic N) is 3. The molecule has 33 heavy (non-hydrogen) atoms. The van der Waals surface area contributed by atoms with Crippen LogP contribution in [0, 0.1) is 0 Å². The molecule has 2 aromatic rings. The summed E-state index contributed by atoms with van der Waals surface area (Å²) < 4.78 is 22.2. The summed E-state index contributed by atoms with van der Waals surface area (Å²) in [6, 6.07) is 6.27. The highest BCUT2D eigenvalue weighted by molar-refractivity contribution is 6.39. The minimum atomic E-state index is -1.50. The zero-order valence-electron chi connectivity index (χ0n) is 18.9. The Bertz CT molecular complexity index is 1030. The minimum Gasteiger partial charge on any atom is -0.494 e. The Hall–Kier alpha value is -3.04. The molecule has 0 N–H and O–H groups in total. The third kappa shape index (κ3) is 6.49. The number of amides is 1. The molecule has 0 fully saturated rings. The Morgan fingerprint density at radius 3 is 2.24 bits per heavy atom. The van der Waals surface area contributed by atoms with Crippen molar-refractivity contribution in [1.82, 2.24) is 0 Å². The van der Waals surface area contributed by atoms with Gasteiger partial charge < -0.3 is 18.9 Å². The third-order valence-corrected chi connectivity index (χ3v) is 5.03. The monoisotopic (exact) mass is 497 g/mol. The van der Waals surface area contributed by atoms with Crippen molar-refractivity contribution in [3.63, 3.8) is 0 Å². The van der Waals surface area contributed by atoms with Gasteiger partial charge in [-0.3, -0.25) is 9.59 Å². The number of carbonyl (C=O) groups excluding carboxylic acids is 2. The van der Waals surface area contributed by atoms with E-state index in [2.05, 4.69) is 10.2 Å². The van der Waals surface area contributed by atoms with Crippen LogP contribution in [0.25, 0.3) is 0 Å². The van der Waals surface area contributed by atoms with E-state index in [4.69, 9.17) is 42.3 Å². The summed E-state index contributed by atoms with van der Waals surface area (Å²) in [6.45, 7) is 5.62. The lowest BCUT2D eigenvalue weighted by Gasteiger charge is -2.18. The number of rotatable bonds is 11. The number of carbonyl (C=O) groups is 2. The first kappa shape index (κ1) is 26.2. The predicted octanol–water partition coefficient (Wildman–Crippen LogP) is 5.38. The number of anilines is 1. The van der Waals surface area contributed by atoms with Crippen molar-refractivity contribution < 1.29 is 28.5 Å². The van der Waals surface area contributed by atoms with Gasteiger partial charge in [0.15, 0.2) is 17.3 Å². The van der Waals surface area contributed by atoms with Gasteiger partial charge in [-0.05, 0) is 32.9 Å². The maximum Gasteiger partial charge on any atom is 0.276 e. The normalized spacial score (nSPS) is 11.7. The smallest absolute Gasteiger partial charge is 0.276 e. The van der Waals surface area contributed by atoms with Crippen molar-refractivity contribution in [3.8, 4) is 23.0 Å². The van der Waals surface area contributed by atoms with E-state index in [1.807, 2.05) is 6.92 Å². The zero-order chi connectivity index (χ0) is 24.5. The number of azo groups is 1. The van der Waals surface area contributed by atoms with E-state index < -0.39 is 17.7 Å². The lowest BCUT2D eigenvalue weighted by atomic mass is 10.2. The average molecular weight is 498 g/mol. The number of ketones is 1. The number of hydrogen-bond acceptors (Lipinski definition) is 8. The second-order valence-corrected chi connectivity index (χ2v) is 7.22. The highest BCUT2D eigenvalue weighted by Gasteiger charge is 2.29. The molecular weight excluding hydrogens is 473 g/mol. The van der Waals surface area contributed by atoms with Gasteiger partial charge in [0.1, 0.15) is 22.2 Å². The number of ether oxygens (including phenoxy) is 4. The minimum absolute atomic E-state index is 0.168. The van der Waals surface area contributed by atoms with Crippen molar-refractivity contribution in [2.75, 3.05) is 31.9 Å². The molecule has 0 saturated heterocycles. The maximum atomic E-state index is 12.9. The van der Waals surface area contributed by atoms with Gasteiger partial charge in [-0.2, -0.15) is 10.2 Å². The number of methoxy groups -OCH3 is 2. The Labute approximate surface area is 202 Å². The van der Waals surface area contributed by atoms with E-state index in [-0.39, 0.29) is 16.4 Å². The second kappa shape index (κ2) is 12.3. The molecule has 2 rings (SSSR count). The average Bonchev–Trinajstić information content (AvgIpc) is 2.80. The van der Waals surface area contributed by atoms with Crippen molar-refractivity contribution in [1.29, 1.82) is 0 Å². The largest absolute Gasteiger partial charge is 0.494 e. The summed E-state index contributed by atoms with van der Waals surface area (Å²) in [5.74, 6) is 0.246. The molecule has 178 valence electrons. The molecular formula is C22H25Cl2N3O6. The van der Waals surface area contributed by atoms with Crippen molar-refractivity contribution in [2.45, 2.75) is 26.8 Å². The summed E-state index contributed by atoms with van der Waals surface area (Å²) in [4.78, 5) is 25.2. The second-order valence-electron chi connectivity index (χ2n) is 6.51. The SMILES string of the molecule is CCOc1cc(N=NC(C(C)=O)C(=O)N(Cl)c2ccc(OC)c(OC)c2)c(Cl)c(OCC)c1. The van der Waals surface area contributed by atoms with Crippen LogP contribution in [0.4, 0.5) is 11.4 Å². The van der Waals surface area contributed by atoms with Crippen LogP contribution in [-0.4, -0.2) is 45.2 Å². The third-order valence-electron chi connectivity index (χ3n) is 4.29. The first-order valence-corrected chi connectivity index (χ1v) is 10.7. The van der Waals surface area contributed by atoms with Gasteiger partial charge in [0, 0.05) is 30.0 Å². The van der Waals surface area contributed by atoms with Crippen LogP contribution in [0.2, 0.25) is 5.02 Å². The highest BCUT2D eigenvalue weighted by atomic mass is 35.5. The van der Waals surface area contributed by atoms with Crippen molar-refractivity contribution >= 4 is 46.4 Å². The van der Waals surface area contributed by atoms with E-state index in [0.717, 1.165) is 4.42 Å². The van der Waals surface area contributed by atoms with Gasteiger partial charge in [0.25, 0.3) is 5.91 Å². The maximum absolute atomic E-state index is 12.9. The van der Waals surface area contributed by atoms with Crippen molar-refractivity contribution in [3.05, 3.63) is 35.4 Å². The molecule has 0 radical (unpaired) electrons. The number of hydrogen-bond donors (Lipinski definition) is 0. The first-order chi connectivity index (χ1) is 15.8. The van der Waals surface area contributed by atoms with Crippen LogP contribution in [0.15, 0.2) is 40.6 Å². The van der Waals surface area contributed by atoms with Gasteiger partial charge in [-0.25, -0.2) is 4.42 Å². The lowest BCUT2D eigenvalue weighted by molar-refractivity contribution is -0.126. The molecule has 0 aliphatic heterocycles. The van der Waals surface area contributed by atoms with E-state index in [1.165, 1.54) is 39.3 Å². The summed E-state index contributed by atoms with van der Waals surface area (Å²) in [7, 11) is 2.93. The fraction of sp³-hybridized carbons (Fsp3) is 0.364. The van der Waals surface area contributed by atoms with Crippen LogP contribution in [0.5, 0.6) is 23.0 Å². The van der Waals surface area contributed by atoms with Gasteiger partial charge >= 0.3 is 0 Å². The summed E-state index contributed by atoms with van der Waals surface area (Å²) >= 11 is 12.6. The van der Waals surface area contributed by atoms with E-state index in [1.54, 1.807) is 19.1 Å². The molecule has 9 nitrogen and oxygen atoms in total. The quantitative estimate of drug-likeness (QED) is 0.234. The van der Waals surface area contributed by atoms with Gasteiger partial charge in [0.05, 0.1) is 33.1 Å². The van der Waals surface area contributed by atoms with E-state index >= 15 is 0 Å². The molecule has 2 aromatic carbocycles. The topological polar surface area (TPSA) is 99.0 Å². The molecule has 0 saturated carbocycles. The van der Waals surface area contributed by atoms with E-state index in [9.17, 15) is 9.59 Å². The molecule has 11 heteroatoms. The van der Waals surface area contributed by atoms with Gasteiger partial charge in [0.2, 0.25) is 6.04 Å². The number of halogens is 2. The summed E-state index contributed by atoms with van der Waals surface area (Å²) in [5.41, 5.74) is 0.438. The highest BCUT2D eigenvalue weighted by Crippen LogP contribution is 2.39.